The molecule has 126 valence electrons. The van der Waals surface area contributed by atoms with E-state index in [2.05, 4.69) is 10.3 Å². The molecule has 0 spiro atoms. The molecule has 1 amide bonds. The van der Waals surface area contributed by atoms with Crippen molar-refractivity contribution in [3.8, 4) is 5.75 Å². The van der Waals surface area contributed by atoms with E-state index in [0.29, 0.717) is 29.3 Å². The molecule has 2 aromatic rings. The van der Waals surface area contributed by atoms with Crippen molar-refractivity contribution >= 4 is 29.0 Å². The molecule has 24 heavy (non-hydrogen) atoms. The maximum atomic E-state index is 12.1. The van der Waals surface area contributed by atoms with Gasteiger partial charge in [0.25, 0.3) is 0 Å². The van der Waals surface area contributed by atoms with Crippen LogP contribution in [0.4, 0.5) is 5.69 Å². The van der Waals surface area contributed by atoms with Gasteiger partial charge in [0.05, 0.1) is 0 Å². The van der Waals surface area contributed by atoms with E-state index in [-0.39, 0.29) is 23.5 Å². The fraction of sp³-hybridized carbons (Fsp3) is 0.278. The van der Waals surface area contributed by atoms with Gasteiger partial charge in [-0.05, 0) is 42.3 Å². The van der Waals surface area contributed by atoms with Gasteiger partial charge in [-0.25, -0.2) is 4.98 Å². The van der Waals surface area contributed by atoms with Gasteiger partial charge in [-0.15, -0.1) is 0 Å². The fourth-order valence-electron chi connectivity index (χ4n) is 2.03. The van der Waals surface area contributed by atoms with Gasteiger partial charge in [-0.3, -0.25) is 9.59 Å². The zero-order chi connectivity index (χ0) is 17.5. The molecule has 0 atom stereocenters. The number of amides is 1. The lowest BCUT2D eigenvalue weighted by molar-refractivity contribution is -0.116. The number of halogens is 1. The molecular formula is C18H19ClN2O3. The summed E-state index contributed by atoms with van der Waals surface area (Å²) in [6, 6.07) is 10.0. The summed E-state index contributed by atoms with van der Waals surface area (Å²) in [5.41, 5.74) is 1.16. The van der Waals surface area contributed by atoms with Gasteiger partial charge in [0.15, 0.2) is 23.3 Å². The lowest BCUT2D eigenvalue weighted by Crippen LogP contribution is -2.14. The first kappa shape index (κ1) is 17.9. The zero-order valence-corrected chi connectivity index (χ0v) is 14.3. The van der Waals surface area contributed by atoms with Crippen molar-refractivity contribution in [3.63, 3.8) is 0 Å². The number of ketones is 1. The molecule has 1 aromatic carbocycles. The number of rotatable bonds is 7. The first-order chi connectivity index (χ1) is 11.5. The van der Waals surface area contributed by atoms with Crippen molar-refractivity contribution < 1.29 is 14.3 Å². The number of hydrogen-bond acceptors (Lipinski definition) is 4. The van der Waals surface area contributed by atoms with Crippen LogP contribution in [-0.4, -0.2) is 23.3 Å². The van der Waals surface area contributed by atoms with Crippen LogP contribution in [0, 0.1) is 5.92 Å². The van der Waals surface area contributed by atoms with E-state index < -0.39 is 0 Å². The molecular weight excluding hydrogens is 328 g/mol. The molecule has 0 unspecified atom stereocenters. The second kappa shape index (κ2) is 8.45. The molecule has 0 aliphatic carbocycles. The summed E-state index contributed by atoms with van der Waals surface area (Å²) in [7, 11) is 0. The molecule has 5 nitrogen and oxygen atoms in total. The highest BCUT2D eigenvalue weighted by Gasteiger charge is 2.10. The predicted octanol–water partition coefficient (Wildman–Crippen LogP) is 3.98. The Labute approximate surface area is 146 Å². The van der Waals surface area contributed by atoms with Gasteiger partial charge >= 0.3 is 0 Å². The van der Waals surface area contributed by atoms with Crippen molar-refractivity contribution in [2.24, 2.45) is 5.92 Å². The Hall–Kier alpha value is -2.40. The summed E-state index contributed by atoms with van der Waals surface area (Å²) >= 11 is 5.87. The maximum Gasteiger partial charge on any atom is 0.224 e. The predicted molar refractivity (Wildman–Crippen MR) is 93.6 cm³/mol. The molecule has 0 saturated heterocycles. The minimum Gasteiger partial charge on any atom is -0.482 e. The van der Waals surface area contributed by atoms with Crippen molar-refractivity contribution in [1.29, 1.82) is 0 Å². The van der Waals surface area contributed by atoms with Crippen LogP contribution in [0.15, 0.2) is 42.6 Å². The van der Waals surface area contributed by atoms with Gasteiger partial charge in [0, 0.05) is 23.9 Å². The Kier molecular flexibility index (Phi) is 6.32. The van der Waals surface area contributed by atoms with Gasteiger partial charge in [0.1, 0.15) is 0 Å². The Morgan fingerprint density at radius 1 is 1.21 bits per heavy atom. The monoisotopic (exact) mass is 346 g/mol. The van der Waals surface area contributed by atoms with Crippen LogP contribution >= 0.6 is 11.6 Å². The quantitative estimate of drug-likeness (QED) is 0.608. The number of pyridine rings is 1. The third-order valence-corrected chi connectivity index (χ3v) is 3.45. The molecule has 0 aliphatic rings. The van der Waals surface area contributed by atoms with Crippen LogP contribution < -0.4 is 10.1 Å². The number of benzene rings is 1. The number of hydrogen-bond donors (Lipinski definition) is 1. The maximum absolute atomic E-state index is 12.1. The van der Waals surface area contributed by atoms with E-state index in [1.165, 1.54) is 0 Å². The Balaban J connectivity index is 1.91. The largest absolute Gasteiger partial charge is 0.482 e. The van der Waals surface area contributed by atoms with Crippen LogP contribution in [0.25, 0.3) is 0 Å². The summed E-state index contributed by atoms with van der Waals surface area (Å²) < 4.78 is 5.38. The van der Waals surface area contributed by atoms with Crippen molar-refractivity contribution in [1.82, 2.24) is 4.98 Å². The third kappa shape index (κ3) is 5.35. The van der Waals surface area contributed by atoms with E-state index in [1.54, 1.807) is 42.6 Å². The Bertz CT molecular complexity index is 714. The second-order valence-corrected chi connectivity index (χ2v) is 6.09. The van der Waals surface area contributed by atoms with E-state index in [4.69, 9.17) is 16.3 Å². The molecule has 0 bridgehead atoms. The number of nitrogens with one attached hydrogen (secondary N) is 1. The van der Waals surface area contributed by atoms with Crippen molar-refractivity contribution in [3.05, 3.63) is 53.3 Å². The van der Waals surface area contributed by atoms with Gasteiger partial charge in [0.2, 0.25) is 5.91 Å². The zero-order valence-electron chi connectivity index (χ0n) is 13.6. The summed E-state index contributed by atoms with van der Waals surface area (Å²) in [6.45, 7) is 3.83. The summed E-state index contributed by atoms with van der Waals surface area (Å²) in [6.07, 6.45) is 2.00. The Morgan fingerprint density at radius 3 is 2.54 bits per heavy atom. The minimum absolute atomic E-state index is 0.0429. The molecule has 1 aromatic heterocycles. The fourth-order valence-corrected chi connectivity index (χ4v) is 2.20. The number of carbonyl (C=O) groups is 2. The van der Waals surface area contributed by atoms with Crippen molar-refractivity contribution in [2.75, 3.05) is 11.9 Å². The average molecular weight is 347 g/mol. The van der Waals surface area contributed by atoms with Crippen LogP contribution in [0.5, 0.6) is 5.75 Å². The molecule has 1 heterocycles. The first-order valence-corrected chi connectivity index (χ1v) is 8.00. The molecule has 0 saturated carbocycles. The topological polar surface area (TPSA) is 68.3 Å². The summed E-state index contributed by atoms with van der Waals surface area (Å²) in [5.74, 6) is 0.431. The van der Waals surface area contributed by atoms with E-state index >= 15 is 0 Å². The van der Waals surface area contributed by atoms with E-state index in [1.807, 2.05) is 13.8 Å². The van der Waals surface area contributed by atoms with Crippen LogP contribution in [0.3, 0.4) is 0 Å². The number of anilines is 1. The number of Topliss-reactive ketones (excluding diaryl/α,β-unsaturated/α-hetero) is 1. The lowest BCUT2D eigenvalue weighted by Gasteiger charge is -2.09. The van der Waals surface area contributed by atoms with Gasteiger partial charge in [-0.1, -0.05) is 25.4 Å². The van der Waals surface area contributed by atoms with Crippen LogP contribution in [-0.2, 0) is 4.79 Å². The number of carbonyl (C=O) groups excluding carboxylic acids is 2. The SMILES string of the molecule is CC(C)CC(=O)Nc1ccc(C(=O)COc2cccnc2Cl)cc1. The highest BCUT2D eigenvalue weighted by atomic mass is 35.5. The first-order valence-electron chi connectivity index (χ1n) is 7.62. The van der Waals surface area contributed by atoms with Crippen LogP contribution in [0.2, 0.25) is 5.15 Å². The van der Waals surface area contributed by atoms with Crippen LogP contribution in [0.1, 0.15) is 30.6 Å². The van der Waals surface area contributed by atoms with Crippen molar-refractivity contribution in [2.45, 2.75) is 20.3 Å². The molecule has 0 aliphatic heterocycles. The lowest BCUT2D eigenvalue weighted by atomic mass is 10.1. The number of aromatic nitrogens is 1. The second-order valence-electron chi connectivity index (χ2n) is 5.73. The molecule has 6 heteroatoms. The van der Waals surface area contributed by atoms with Gasteiger partial charge in [-0.2, -0.15) is 0 Å². The molecule has 0 fully saturated rings. The number of nitrogens with zero attached hydrogens (tertiary/aromatic N) is 1. The Morgan fingerprint density at radius 2 is 1.92 bits per heavy atom. The standard InChI is InChI=1S/C18H19ClN2O3/c1-12(2)10-17(23)21-14-7-5-13(6-8-14)15(22)11-24-16-4-3-9-20-18(16)19/h3-9,12H,10-11H2,1-2H3,(H,21,23). The summed E-state index contributed by atoms with van der Waals surface area (Å²) in [5, 5.41) is 3.01. The normalized spacial score (nSPS) is 10.5. The third-order valence-electron chi connectivity index (χ3n) is 3.17. The minimum atomic E-state index is -0.185. The van der Waals surface area contributed by atoms with Gasteiger partial charge < -0.3 is 10.1 Å². The average Bonchev–Trinajstić information content (AvgIpc) is 2.53. The highest BCUT2D eigenvalue weighted by molar-refractivity contribution is 6.30. The smallest absolute Gasteiger partial charge is 0.224 e. The van der Waals surface area contributed by atoms with E-state index in [9.17, 15) is 9.59 Å². The summed E-state index contributed by atoms with van der Waals surface area (Å²) in [4.78, 5) is 27.7. The molecule has 0 radical (unpaired) electrons. The number of ether oxygens (including phenoxy) is 1. The highest BCUT2D eigenvalue weighted by Crippen LogP contribution is 2.20. The van der Waals surface area contributed by atoms with E-state index in [0.717, 1.165) is 0 Å². The molecule has 2 rings (SSSR count). The molecule has 1 N–H and O–H groups in total.